The predicted octanol–water partition coefficient (Wildman–Crippen LogP) is 6.16. The van der Waals surface area contributed by atoms with Gasteiger partial charge in [0.1, 0.15) is 0 Å². The van der Waals surface area contributed by atoms with Gasteiger partial charge in [0.15, 0.2) is 0 Å². The summed E-state index contributed by atoms with van der Waals surface area (Å²) in [5, 5.41) is 0. The third kappa shape index (κ3) is 3.73. The molecule has 26 heavy (non-hydrogen) atoms. The van der Waals surface area contributed by atoms with Crippen LogP contribution < -0.4 is 0 Å². The zero-order chi connectivity index (χ0) is 17.8. The van der Waals surface area contributed by atoms with Gasteiger partial charge in [0, 0.05) is 28.2 Å². The van der Waals surface area contributed by atoms with Crippen LogP contribution in [0.4, 0.5) is 0 Å². The summed E-state index contributed by atoms with van der Waals surface area (Å²) >= 11 is 3.48. The fourth-order valence-electron chi connectivity index (χ4n) is 2.93. The molecule has 0 unspecified atom stereocenters. The fraction of sp³-hybridized carbons (Fsp3) is 0.0435. The lowest BCUT2D eigenvalue weighted by atomic mass is 10.0. The molecular formula is C23H17BrN2. The number of aromatic nitrogens is 2. The zero-order valence-electron chi connectivity index (χ0n) is 14.1. The van der Waals surface area contributed by atoms with Crippen LogP contribution in [0.3, 0.4) is 0 Å². The highest BCUT2D eigenvalue weighted by atomic mass is 79.9. The third-order valence-electron chi connectivity index (χ3n) is 4.22. The van der Waals surface area contributed by atoms with Crippen molar-refractivity contribution in [2.75, 3.05) is 0 Å². The number of halogens is 1. The average Bonchev–Trinajstić information content (AvgIpc) is 2.71. The van der Waals surface area contributed by atoms with Crippen molar-refractivity contribution in [1.82, 2.24) is 9.97 Å². The Kier molecular flexibility index (Phi) is 4.89. The van der Waals surface area contributed by atoms with Crippen molar-refractivity contribution in [3.63, 3.8) is 0 Å². The number of hydrogen-bond donors (Lipinski definition) is 0. The van der Waals surface area contributed by atoms with Crippen molar-refractivity contribution < 1.29 is 0 Å². The van der Waals surface area contributed by atoms with Crippen LogP contribution in [-0.4, -0.2) is 9.97 Å². The van der Waals surface area contributed by atoms with E-state index in [0.29, 0.717) is 0 Å². The second-order valence-corrected chi connectivity index (χ2v) is 7.01. The number of hydrogen-bond acceptors (Lipinski definition) is 2. The fourth-order valence-corrected chi connectivity index (χ4v) is 3.19. The lowest BCUT2D eigenvalue weighted by molar-refractivity contribution is 1.04. The van der Waals surface area contributed by atoms with Gasteiger partial charge in [-0.05, 0) is 17.7 Å². The third-order valence-corrected chi connectivity index (χ3v) is 4.74. The van der Waals surface area contributed by atoms with Gasteiger partial charge < -0.3 is 0 Å². The van der Waals surface area contributed by atoms with Gasteiger partial charge in [-0.1, -0.05) is 88.7 Å². The molecule has 4 aromatic rings. The zero-order valence-corrected chi connectivity index (χ0v) is 15.7. The van der Waals surface area contributed by atoms with E-state index in [4.69, 9.17) is 9.97 Å². The lowest BCUT2D eigenvalue weighted by Gasteiger charge is -2.11. The summed E-state index contributed by atoms with van der Waals surface area (Å²) in [6.07, 6.45) is 2.64. The minimum absolute atomic E-state index is 0.759. The molecule has 0 spiro atoms. The smallest absolute Gasteiger partial charge is 0.0968 e. The maximum absolute atomic E-state index is 4.96. The van der Waals surface area contributed by atoms with Crippen LogP contribution in [0.2, 0.25) is 0 Å². The molecule has 0 N–H and O–H groups in total. The molecule has 0 amide bonds. The Labute approximate surface area is 161 Å². The van der Waals surface area contributed by atoms with E-state index in [9.17, 15) is 0 Å². The van der Waals surface area contributed by atoms with Gasteiger partial charge in [-0.3, -0.25) is 4.98 Å². The van der Waals surface area contributed by atoms with Crippen molar-refractivity contribution in [2.24, 2.45) is 0 Å². The molecule has 0 radical (unpaired) electrons. The Balaban J connectivity index is 1.78. The van der Waals surface area contributed by atoms with Gasteiger partial charge in [-0.2, -0.15) is 0 Å². The molecule has 0 aliphatic rings. The first-order chi connectivity index (χ1) is 12.8. The van der Waals surface area contributed by atoms with Crippen molar-refractivity contribution in [3.8, 4) is 22.5 Å². The minimum Gasteiger partial charge on any atom is -0.252 e. The molecule has 0 bridgehead atoms. The first-order valence-electron chi connectivity index (χ1n) is 8.51. The Morgan fingerprint density at radius 3 is 1.85 bits per heavy atom. The normalized spacial score (nSPS) is 10.7. The first kappa shape index (κ1) is 16.7. The maximum Gasteiger partial charge on any atom is 0.0968 e. The number of benzene rings is 3. The highest BCUT2D eigenvalue weighted by Gasteiger charge is 2.12. The molecule has 0 aliphatic heterocycles. The molecule has 1 heterocycles. The summed E-state index contributed by atoms with van der Waals surface area (Å²) in [6, 6.07) is 28.8. The second kappa shape index (κ2) is 7.63. The van der Waals surface area contributed by atoms with E-state index in [1.165, 1.54) is 5.56 Å². The van der Waals surface area contributed by atoms with Crippen LogP contribution in [-0.2, 0) is 6.42 Å². The van der Waals surface area contributed by atoms with Gasteiger partial charge in [-0.25, -0.2) is 4.98 Å². The maximum atomic E-state index is 4.96. The molecule has 3 aromatic carbocycles. The highest BCUT2D eigenvalue weighted by molar-refractivity contribution is 9.10. The van der Waals surface area contributed by atoms with Crippen LogP contribution in [0, 0.1) is 0 Å². The monoisotopic (exact) mass is 400 g/mol. The summed E-state index contributed by atoms with van der Waals surface area (Å²) in [5.74, 6) is 0. The standard InChI is InChI=1S/C23H17BrN2/c24-20-13-11-17(12-14-20)15-21-16-25-22(18-7-3-1-4-8-18)23(26-21)19-9-5-2-6-10-19/h1-14,16H,15H2. The van der Waals surface area contributed by atoms with E-state index in [0.717, 1.165) is 39.1 Å². The molecule has 0 saturated heterocycles. The molecule has 1 aromatic heterocycles. The van der Waals surface area contributed by atoms with Gasteiger partial charge in [0.25, 0.3) is 0 Å². The van der Waals surface area contributed by atoms with Gasteiger partial charge in [0.05, 0.1) is 17.1 Å². The number of nitrogens with zero attached hydrogens (tertiary/aromatic N) is 2. The lowest BCUT2D eigenvalue weighted by Crippen LogP contribution is -1.99. The Bertz CT molecular complexity index is 997. The van der Waals surface area contributed by atoms with Gasteiger partial charge in [0.2, 0.25) is 0 Å². The summed E-state index contributed by atoms with van der Waals surface area (Å²) in [4.78, 5) is 9.73. The summed E-state index contributed by atoms with van der Waals surface area (Å²) < 4.78 is 1.08. The van der Waals surface area contributed by atoms with Crippen LogP contribution in [0.25, 0.3) is 22.5 Å². The SMILES string of the molecule is Brc1ccc(Cc2cnc(-c3ccccc3)c(-c3ccccc3)n2)cc1. The van der Waals surface area contributed by atoms with E-state index in [-0.39, 0.29) is 0 Å². The highest BCUT2D eigenvalue weighted by Crippen LogP contribution is 2.29. The Hall–Kier alpha value is -2.78. The molecule has 0 fully saturated rings. The largest absolute Gasteiger partial charge is 0.252 e. The van der Waals surface area contributed by atoms with Gasteiger partial charge >= 0.3 is 0 Å². The van der Waals surface area contributed by atoms with E-state index in [1.807, 2.05) is 42.6 Å². The van der Waals surface area contributed by atoms with E-state index < -0.39 is 0 Å². The van der Waals surface area contributed by atoms with Crippen molar-refractivity contribution in [2.45, 2.75) is 6.42 Å². The predicted molar refractivity (Wildman–Crippen MR) is 110 cm³/mol. The van der Waals surface area contributed by atoms with Crippen LogP contribution in [0.15, 0.2) is 95.6 Å². The van der Waals surface area contributed by atoms with E-state index >= 15 is 0 Å². The van der Waals surface area contributed by atoms with Crippen molar-refractivity contribution in [1.29, 1.82) is 0 Å². The Morgan fingerprint density at radius 1 is 0.654 bits per heavy atom. The quantitative estimate of drug-likeness (QED) is 0.409. The molecule has 4 rings (SSSR count). The van der Waals surface area contributed by atoms with Crippen LogP contribution >= 0.6 is 15.9 Å². The molecule has 0 aliphatic carbocycles. The molecule has 0 saturated carbocycles. The summed E-state index contributed by atoms with van der Waals surface area (Å²) in [6.45, 7) is 0. The van der Waals surface area contributed by atoms with Crippen LogP contribution in [0.5, 0.6) is 0 Å². The molecule has 126 valence electrons. The number of rotatable bonds is 4. The second-order valence-electron chi connectivity index (χ2n) is 6.09. The van der Waals surface area contributed by atoms with Crippen LogP contribution in [0.1, 0.15) is 11.3 Å². The topological polar surface area (TPSA) is 25.8 Å². The Morgan fingerprint density at radius 2 is 1.23 bits per heavy atom. The molecule has 0 atom stereocenters. The summed E-state index contributed by atoms with van der Waals surface area (Å²) in [5.41, 5.74) is 6.17. The molecule has 3 heteroatoms. The van der Waals surface area contributed by atoms with Crippen molar-refractivity contribution >= 4 is 15.9 Å². The summed E-state index contributed by atoms with van der Waals surface area (Å²) in [7, 11) is 0. The molecular weight excluding hydrogens is 384 g/mol. The molecule has 2 nitrogen and oxygen atoms in total. The van der Waals surface area contributed by atoms with Gasteiger partial charge in [-0.15, -0.1) is 0 Å². The van der Waals surface area contributed by atoms with E-state index in [1.54, 1.807) is 0 Å². The van der Waals surface area contributed by atoms with E-state index in [2.05, 4.69) is 64.5 Å². The van der Waals surface area contributed by atoms with Crippen molar-refractivity contribution in [3.05, 3.63) is 107 Å². The first-order valence-corrected chi connectivity index (χ1v) is 9.30. The average molecular weight is 401 g/mol. The minimum atomic E-state index is 0.759.